The lowest BCUT2D eigenvalue weighted by Crippen LogP contribution is -2.55. The molecular formula is C15H17NO4. The maximum absolute atomic E-state index is 12.6. The first-order valence-electron chi connectivity index (χ1n) is 6.78. The first kappa shape index (κ1) is 13.1. The molecule has 0 aliphatic carbocycles. The number of hydrogen-bond donors (Lipinski definition) is 0. The van der Waals surface area contributed by atoms with Gasteiger partial charge in [0.05, 0.1) is 18.8 Å². The van der Waals surface area contributed by atoms with E-state index < -0.39 is 11.6 Å². The van der Waals surface area contributed by atoms with E-state index in [9.17, 15) is 9.59 Å². The number of morpholine rings is 1. The zero-order valence-electron chi connectivity index (χ0n) is 11.4. The number of carbonyl (C=O) groups is 2. The minimum atomic E-state index is -1.11. The molecule has 5 heteroatoms. The van der Waals surface area contributed by atoms with Crippen molar-refractivity contribution in [3.63, 3.8) is 0 Å². The minimum Gasteiger partial charge on any atom is -0.445 e. The van der Waals surface area contributed by atoms with Crippen LogP contribution in [0.25, 0.3) is 0 Å². The second-order valence-corrected chi connectivity index (χ2v) is 5.36. The SMILES string of the molecule is C[C@]1(C(=O)N2CCOCC2)Cc2ccccc2C(=O)O1. The molecule has 2 aliphatic rings. The summed E-state index contributed by atoms with van der Waals surface area (Å²) >= 11 is 0. The lowest BCUT2D eigenvalue weighted by Gasteiger charge is -2.38. The average Bonchev–Trinajstić information content (AvgIpc) is 2.47. The Labute approximate surface area is 117 Å². The Hall–Kier alpha value is -1.88. The number of benzene rings is 1. The highest BCUT2D eigenvalue weighted by molar-refractivity contribution is 5.97. The maximum Gasteiger partial charge on any atom is 0.339 e. The molecule has 2 heterocycles. The van der Waals surface area contributed by atoms with E-state index in [1.54, 1.807) is 24.0 Å². The summed E-state index contributed by atoms with van der Waals surface area (Å²) in [5, 5.41) is 0. The van der Waals surface area contributed by atoms with Crippen LogP contribution in [0.2, 0.25) is 0 Å². The van der Waals surface area contributed by atoms with E-state index in [4.69, 9.17) is 9.47 Å². The zero-order valence-corrected chi connectivity index (χ0v) is 11.4. The van der Waals surface area contributed by atoms with Gasteiger partial charge in [0.15, 0.2) is 5.60 Å². The predicted molar refractivity (Wildman–Crippen MR) is 71.4 cm³/mol. The molecule has 0 spiro atoms. The summed E-state index contributed by atoms with van der Waals surface area (Å²) in [6.07, 6.45) is 0.422. The summed E-state index contributed by atoms with van der Waals surface area (Å²) in [6.45, 7) is 3.86. The molecular weight excluding hydrogens is 258 g/mol. The van der Waals surface area contributed by atoms with Gasteiger partial charge in [-0.2, -0.15) is 0 Å². The molecule has 0 saturated carbocycles. The van der Waals surface area contributed by atoms with Gasteiger partial charge in [0.2, 0.25) is 0 Å². The molecule has 1 aromatic rings. The number of nitrogens with zero attached hydrogens (tertiary/aromatic N) is 1. The van der Waals surface area contributed by atoms with Crippen LogP contribution in [0.15, 0.2) is 24.3 Å². The number of rotatable bonds is 1. The molecule has 106 valence electrons. The molecule has 20 heavy (non-hydrogen) atoms. The molecule has 1 aromatic carbocycles. The van der Waals surface area contributed by atoms with E-state index in [0.29, 0.717) is 38.3 Å². The molecule has 3 rings (SSSR count). The summed E-state index contributed by atoms with van der Waals surface area (Å²) in [4.78, 5) is 26.4. The van der Waals surface area contributed by atoms with E-state index in [2.05, 4.69) is 0 Å². The second kappa shape index (κ2) is 4.90. The van der Waals surface area contributed by atoms with Crippen molar-refractivity contribution in [1.29, 1.82) is 0 Å². The number of cyclic esters (lactones) is 1. The van der Waals surface area contributed by atoms with Crippen molar-refractivity contribution >= 4 is 11.9 Å². The third-order valence-electron chi connectivity index (χ3n) is 3.83. The van der Waals surface area contributed by atoms with Crippen LogP contribution in [0.3, 0.4) is 0 Å². The van der Waals surface area contributed by atoms with Gasteiger partial charge in [0, 0.05) is 19.5 Å². The highest BCUT2D eigenvalue weighted by Crippen LogP contribution is 2.29. The van der Waals surface area contributed by atoms with E-state index in [-0.39, 0.29) is 5.91 Å². The zero-order chi connectivity index (χ0) is 14.2. The highest BCUT2D eigenvalue weighted by atomic mass is 16.6. The number of amides is 1. The van der Waals surface area contributed by atoms with Crippen molar-refractivity contribution in [2.75, 3.05) is 26.3 Å². The van der Waals surface area contributed by atoms with Gasteiger partial charge in [0.1, 0.15) is 0 Å². The first-order valence-corrected chi connectivity index (χ1v) is 6.78. The molecule has 0 radical (unpaired) electrons. The van der Waals surface area contributed by atoms with Crippen molar-refractivity contribution in [2.45, 2.75) is 18.9 Å². The largest absolute Gasteiger partial charge is 0.445 e. The summed E-state index contributed by atoms with van der Waals surface area (Å²) in [5.74, 6) is -0.556. The van der Waals surface area contributed by atoms with E-state index in [1.165, 1.54) is 0 Å². The van der Waals surface area contributed by atoms with E-state index >= 15 is 0 Å². The molecule has 5 nitrogen and oxygen atoms in total. The fourth-order valence-electron chi connectivity index (χ4n) is 2.75. The van der Waals surface area contributed by atoms with Crippen molar-refractivity contribution in [2.24, 2.45) is 0 Å². The highest BCUT2D eigenvalue weighted by Gasteiger charge is 2.44. The Morgan fingerprint density at radius 2 is 1.95 bits per heavy atom. The monoisotopic (exact) mass is 275 g/mol. The Morgan fingerprint density at radius 1 is 1.25 bits per heavy atom. The van der Waals surface area contributed by atoms with Crippen LogP contribution in [-0.2, 0) is 20.7 Å². The minimum absolute atomic E-state index is 0.136. The molecule has 0 aromatic heterocycles. The lowest BCUT2D eigenvalue weighted by molar-refractivity contribution is -0.155. The molecule has 1 amide bonds. The van der Waals surface area contributed by atoms with Gasteiger partial charge in [-0.15, -0.1) is 0 Å². The molecule has 1 saturated heterocycles. The van der Waals surface area contributed by atoms with Gasteiger partial charge in [-0.05, 0) is 18.6 Å². The van der Waals surface area contributed by atoms with Crippen molar-refractivity contribution in [1.82, 2.24) is 4.90 Å². The molecule has 1 atom stereocenters. The van der Waals surface area contributed by atoms with Gasteiger partial charge in [-0.1, -0.05) is 18.2 Å². The van der Waals surface area contributed by atoms with Crippen LogP contribution in [0, 0.1) is 0 Å². The van der Waals surface area contributed by atoms with Gasteiger partial charge in [-0.25, -0.2) is 4.79 Å². The maximum atomic E-state index is 12.6. The third-order valence-corrected chi connectivity index (χ3v) is 3.83. The number of fused-ring (bicyclic) bond motifs is 1. The Balaban J connectivity index is 1.86. The second-order valence-electron chi connectivity index (χ2n) is 5.36. The summed E-state index contributed by atoms with van der Waals surface area (Å²) in [7, 11) is 0. The standard InChI is InChI=1S/C15H17NO4/c1-15(14(18)16-6-8-19-9-7-16)10-11-4-2-3-5-12(11)13(17)20-15/h2-5H,6-10H2,1H3/t15-/m1/s1. The van der Waals surface area contributed by atoms with E-state index in [0.717, 1.165) is 5.56 Å². The quantitative estimate of drug-likeness (QED) is 0.718. The lowest BCUT2D eigenvalue weighted by atomic mass is 9.89. The summed E-state index contributed by atoms with van der Waals surface area (Å²) in [6, 6.07) is 7.28. The van der Waals surface area contributed by atoms with Crippen LogP contribution < -0.4 is 0 Å². The Kier molecular flexibility index (Phi) is 3.22. The summed E-state index contributed by atoms with van der Waals surface area (Å²) in [5.41, 5.74) is 0.315. The van der Waals surface area contributed by atoms with Gasteiger partial charge < -0.3 is 14.4 Å². The predicted octanol–water partition coefficient (Wildman–Crippen LogP) is 1.02. The fourth-order valence-corrected chi connectivity index (χ4v) is 2.75. The van der Waals surface area contributed by atoms with Crippen molar-refractivity contribution < 1.29 is 19.1 Å². The van der Waals surface area contributed by atoms with Crippen LogP contribution in [-0.4, -0.2) is 48.7 Å². The summed E-state index contributed by atoms with van der Waals surface area (Å²) < 4.78 is 10.7. The van der Waals surface area contributed by atoms with Crippen LogP contribution in [0.5, 0.6) is 0 Å². The van der Waals surface area contributed by atoms with Gasteiger partial charge >= 0.3 is 5.97 Å². The van der Waals surface area contributed by atoms with Crippen LogP contribution in [0.4, 0.5) is 0 Å². The molecule has 0 N–H and O–H groups in total. The van der Waals surface area contributed by atoms with Crippen LogP contribution in [0.1, 0.15) is 22.8 Å². The topological polar surface area (TPSA) is 55.8 Å². The smallest absolute Gasteiger partial charge is 0.339 e. The first-order chi connectivity index (χ1) is 9.60. The molecule has 0 bridgehead atoms. The Morgan fingerprint density at radius 3 is 2.70 bits per heavy atom. The molecule has 2 aliphatic heterocycles. The number of carbonyl (C=O) groups excluding carboxylic acids is 2. The number of esters is 1. The number of ether oxygens (including phenoxy) is 2. The Bertz CT molecular complexity index is 551. The van der Waals surface area contributed by atoms with E-state index in [1.807, 2.05) is 12.1 Å². The van der Waals surface area contributed by atoms with Gasteiger partial charge in [-0.3, -0.25) is 4.79 Å². The normalized spacial score (nSPS) is 25.9. The molecule has 0 unspecified atom stereocenters. The molecule has 1 fully saturated rings. The third kappa shape index (κ3) is 2.18. The number of hydrogen-bond acceptors (Lipinski definition) is 4. The van der Waals surface area contributed by atoms with Crippen molar-refractivity contribution in [3.05, 3.63) is 35.4 Å². The average molecular weight is 275 g/mol. The van der Waals surface area contributed by atoms with Crippen LogP contribution >= 0.6 is 0 Å². The fraction of sp³-hybridized carbons (Fsp3) is 0.467. The van der Waals surface area contributed by atoms with Gasteiger partial charge in [0.25, 0.3) is 5.91 Å². The van der Waals surface area contributed by atoms with Crippen molar-refractivity contribution in [3.8, 4) is 0 Å².